The molecule has 4 nitrogen and oxygen atoms in total. The highest BCUT2D eigenvalue weighted by atomic mass is 32.2. The molecule has 0 fully saturated rings. The van der Waals surface area contributed by atoms with Crippen molar-refractivity contribution in [2.45, 2.75) is 43.4 Å². The molecule has 1 aliphatic carbocycles. The SMILES string of the molecule is CC(C)Sc1nc2c(cc1C(N)=NO)CCC2. The number of nitrogens with two attached hydrogens (primary N) is 1. The number of nitrogens with zero attached hydrogens (tertiary/aromatic N) is 2. The smallest absolute Gasteiger partial charge is 0.172 e. The normalized spacial score (nSPS) is 15.4. The summed E-state index contributed by atoms with van der Waals surface area (Å²) >= 11 is 1.65. The highest BCUT2D eigenvalue weighted by Crippen LogP contribution is 2.30. The minimum atomic E-state index is 0.148. The summed E-state index contributed by atoms with van der Waals surface area (Å²) in [6.07, 6.45) is 3.23. The van der Waals surface area contributed by atoms with Crippen LogP contribution in [0.5, 0.6) is 0 Å². The number of rotatable bonds is 3. The summed E-state index contributed by atoms with van der Waals surface area (Å²) in [6.45, 7) is 4.21. The Morgan fingerprint density at radius 2 is 2.29 bits per heavy atom. The summed E-state index contributed by atoms with van der Waals surface area (Å²) in [6, 6.07) is 2.02. The third-order valence-electron chi connectivity index (χ3n) is 2.75. The molecule has 0 radical (unpaired) electrons. The van der Waals surface area contributed by atoms with E-state index < -0.39 is 0 Å². The summed E-state index contributed by atoms with van der Waals surface area (Å²) in [5, 5.41) is 13.2. The fraction of sp³-hybridized carbons (Fsp3) is 0.500. The van der Waals surface area contributed by atoms with Crippen LogP contribution < -0.4 is 5.73 Å². The molecule has 0 bridgehead atoms. The number of oxime groups is 1. The molecule has 0 saturated heterocycles. The molecule has 0 spiro atoms. The molecule has 0 saturated carbocycles. The molecule has 0 unspecified atom stereocenters. The third-order valence-corrected chi connectivity index (χ3v) is 3.75. The Bertz CT molecular complexity index is 457. The maximum Gasteiger partial charge on any atom is 0.172 e. The average Bonchev–Trinajstić information content (AvgIpc) is 2.73. The van der Waals surface area contributed by atoms with Crippen LogP contribution in [0, 0.1) is 0 Å². The summed E-state index contributed by atoms with van der Waals surface area (Å²) in [5.74, 6) is 0.148. The lowest BCUT2D eigenvalue weighted by Gasteiger charge is -2.11. The highest BCUT2D eigenvalue weighted by Gasteiger charge is 2.19. The fourth-order valence-electron chi connectivity index (χ4n) is 2.00. The van der Waals surface area contributed by atoms with Crippen molar-refractivity contribution in [3.05, 3.63) is 22.9 Å². The van der Waals surface area contributed by atoms with Crippen LogP contribution in [0.1, 0.15) is 37.1 Å². The first-order chi connectivity index (χ1) is 8.11. The van der Waals surface area contributed by atoms with E-state index in [4.69, 9.17) is 10.9 Å². The zero-order valence-electron chi connectivity index (χ0n) is 10.1. The van der Waals surface area contributed by atoms with Gasteiger partial charge >= 0.3 is 0 Å². The number of thioether (sulfide) groups is 1. The first-order valence-corrected chi connectivity index (χ1v) is 6.67. The van der Waals surface area contributed by atoms with Gasteiger partial charge in [0.2, 0.25) is 0 Å². The van der Waals surface area contributed by atoms with Crippen molar-refractivity contribution in [1.29, 1.82) is 0 Å². The Balaban J connectivity index is 2.47. The molecule has 0 amide bonds. The van der Waals surface area contributed by atoms with E-state index in [2.05, 4.69) is 24.0 Å². The van der Waals surface area contributed by atoms with Gasteiger partial charge in [0, 0.05) is 10.9 Å². The first-order valence-electron chi connectivity index (χ1n) is 5.79. The Morgan fingerprint density at radius 3 is 2.94 bits per heavy atom. The molecular formula is C12H17N3OS. The van der Waals surface area contributed by atoms with Gasteiger partial charge in [-0.25, -0.2) is 4.98 Å². The summed E-state index contributed by atoms with van der Waals surface area (Å²) in [4.78, 5) is 4.65. The molecule has 1 aromatic rings. The van der Waals surface area contributed by atoms with Crippen LogP contribution in [0.3, 0.4) is 0 Å². The standard InChI is InChI=1S/C12H17N3OS/c1-7(2)17-12-9(11(13)15-16)6-8-4-3-5-10(8)14-12/h6-7,16H,3-5H2,1-2H3,(H2,13,15). The van der Waals surface area contributed by atoms with Gasteiger partial charge < -0.3 is 10.9 Å². The van der Waals surface area contributed by atoms with Crippen LogP contribution in [0.2, 0.25) is 0 Å². The summed E-state index contributed by atoms with van der Waals surface area (Å²) in [5.41, 5.74) is 8.87. The average molecular weight is 251 g/mol. The van der Waals surface area contributed by atoms with Gasteiger partial charge in [-0.1, -0.05) is 19.0 Å². The predicted molar refractivity (Wildman–Crippen MR) is 69.8 cm³/mol. The van der Waals surface area contributed by atoms with Gasteiger partial charge in [0.05, 0.1) is 5.56 Å². The maximum atomic E-state index is 8.82. The Labute approximate surface area is 105 Å². The van der Waals surface area contributed by atoms with E-state index in [1.54, 1.807) is 11.8 Å². The molecule has 0 atom stereocenters. The van der Waals surface area contributed by atoms with Crippen molar-refractivity contribution >= 4 is 17.6 Å². The van der Waals surface area contributed by atoms with Crippen LogP contribution in [-0.4, -0.2) is 21.3 Å². The molecule has 1 aromatic heterocycles. The Hall–Kier alpha value is -1.23. The van der Waals surface area contributed by atoms with Crippen LogP contribution in [-0.2, 0) is 12.8 Å². The fourth-order valence-corrected chi connectivity index (χ4v) is 2.90. The molecule has 5 heteroatoms. The first kappa shape index (κ1) is 12.2. The monoisotopic (exact) mass is 251 g/mol. The van der Waals surface area contributed by atoms with E-state index in [0.29, 0.717) is 5.25 Å². The maximum absolute atomic E-state index is 8.82. The van der Waals surface area contributed by atoms with Crippen molar-refractivity contribution < 1.29 is 5.21 Å². The number of fused-ring (bicyclic) bond motifs is 1. The second-order valence-electron chi connectivity index (χ2n) is 4.45. The topological polar surface area (TPSA) is 71.5 Å². The van der Waals surface area contributed by atoms with Crippen molar-refractivity contribution in [2.24, 2.45) is 10.9 Å². The Kier molecular flexibility index (Phi) is 3.57. The van der Waals surface area contributed by atoms with Crippen LogP contribution in [0.25, 0.3) is 0 Å². The van der Waals surface area contributed by atoms with Gasteiger partial charge in [-0.15, -0.1) is 11.8 Å². The molecule has 1 heterocycles. The van der Waals surface area contributed by atoms with Gasteiger partial charge in [-0.2, -0.15) is 0 Å². The predicted octanol–water partition coefficient (Wildman–Crippen LogP) is 2.17. The molecule has 1 aliphatic rings. The largest absolute Gasteiger partial charge is 0.409 e. The van der Waals surface area contributed by atoms with Crippen LogP contribution in [0.4, 0.5) is 0 Å². The van der Waals surface area contributed by atoms with E-state index >= 15 is 0 Å². The Morgan fingerprint density at radius 1 is 1.53 bits per heavy atom. The van der Waals surface area contributed by atoms with Gasteiger partial charge in [-0.05, 0) is 30.9 Å². The number of aryl methyl sites for hydroxylation is 2. The van der Waals surface area contributed by atoms with Gasteiger partial charge in [0.1, 0.15) is 5.03 Å². The molecule has 92 valence electrons. The molecule has 0 aliphatic heterocycles. The lowest BCUT2D eigenvalue weighted by Crippen LogP contribution is -2.16. The van der Waals surface area contributed by atoms with Crippen molar-refractivity contribution in [3.63, 3.8) is 0 Å². The zero-order chi connectivity index (χ0) is 12.4. The van der Waals surface area contributed by atoms with E-state index in [9.17, 15) is 0 Å². The van der Waals surface area contributed by atoms with Gasteiger partial charge in [0.25, 0.3) is 0 Å². The molecule has 17 heavy (non-hydrogen) atoms. The number of hydrogen-bond acceptors (Lipinski definition) is 4. The molecular weight excluding hydrogens is 234 g/mol. The van der Waals surface area contributed by atoms with Gasteiger partial charge in [-0.3, -0.25) is 0 Å². The van der Waals surface area contributed by atoms with Crippen molar-refractivity contribution in [3.8, 4) is 0 Å². The number of amidine groups is 1. The summed E-state index contributed by atoms with van der Waals surface area (Å²) in [7, 11) is 0. The van der Waals surface area contributed by atoms with Crippen LogP contribution >= 0.6 is 11.8 Å². The minimum Gasteiger partial charge on any atom is -0.409 e. The molecule has 3 N–H and O–H groups in total. The second-order valence-corrected chi connectivity index (χ2v) is 6.02. The number of aromatic nitrogens is 1. The van der Waals surface area contributed by atoms with Gasteiger partial charge in [0.15, 0.2) is 5.84 Å². The molecule has 2 rings (SSSR count). The summed E-state index contributed by atoms with van der Waals surface area (Å²) < 4.78 is 0. The lowest BCUT2D eigenvalue weighted by atomic mass is 10.1. The zero-order valence-corrected chi connectivity index (χ0v) is 10.9. The third kappa shape index (κ3) is 2.54. The van der Waals surface area contributed by atoms with Crippen molar-refractivity contribution in [2.75, 3.05) is 0 Å². The minimum absolute atomic E-state index is 0.148. The van der Waals surface area contributed by atoms with E-state index in [1.807, 2.05) is 6.07 Å². The van der Waals surface area contributed by atoms with Crippen molar-refractivity contribution in [1.82, 2.24) is 4.98 Å². The number of pyridine rings is 1. The van der Waals surface area contributed by atoms with E-state index in [1.165, 1.54) is 11.3 Å². The second kappa shape index (κ2) is 4.96. The quantitative estimate of drug-likeness (QED) is 0.284. The molecule has 0 aromatic carbocycles. The lowest BCUT2D eigenvalue weighted by molar-refractivity contribution is 0.318. The van der Waals surface area contributed by atoms with E-state index in [0.717, 1.165) is 29.9 Å². The van der Waals surface area contributed by atoms with Crippen LogP contribution in [0.15, 0.2) is 16.2 Å². The highest BCUT2D eigenvalue weighted by molar-refractivity contribution is 7.99. The number of hydrogen-bond donors (Lipinski definition) is 2. The van der Waals surface area contributed by atoms with E-state index in [-0.39, 0.29) is 5.84 Å².